The number of amides is 1. The number of nitrogens with zero attached hydrogens (tertiary/aromatic N) is 3. The van der Waals surface area contributed by atoms with Gasteiger partial charge >= 0.3 is 0 Å². The second-order valence-electron chi connectivity index (χ2n) is 6.08. The van der Waals surface area contributed by atoms with Crippen LogP contribution in [0.2, 0.25) is 0 Å². The Morgan fingerprint density at radius 2 is 2.08 bits per heavy atom. The van der Waals surface area contributed by atoms with Crippen LogP contribution in [-0.4, -0.2) is 27.7 Å². The minimum absolute atomic E-state index is 0.0846. The maximum atomic E-state index is 13.9. The van der Waals surface area contributed by atoms with E-state index in [1.807, 2.05) is 13.0 Å². The summed E-state index contributed by atoms with van der Waals surface area (Å²) >= 11 is 0. The van der Waals surface area contributed by atoms with Gasteiger partial charge in [-0.15, -0.1) is 0 Å². The van der Waals surface area contributed by atoms with Crippen LogP contribution in [0.4, 0.5) is 4.39 Å². The van der Waals surface area contributed by atoms with Crippen LogP contribution >= 0.6 is 0 Å². The molecule has 1 fully saturated rings. The SMILES string of the molecule is Cc1cc([C@H]2CCCN2C(=O)c2cc(-c3ccccc3F)no2)on1. The summed E-state index contributed by atoms with van der Waals surface area (Å²) in [5.74, 6) is 0.0520. The van der Waals surface area contributed by atoms with Crippen molar-refractivity contribution in [1.29, 1.82) is 0 Å². The smallest absolute Gasteiger partial charge is 0.293 e. The number of benzene rings is 1. The van der Waals surface area contributed by atoms with Crippen LogP contribution in [0, 0.1) is 12.7 Å². The number of aryl methyl sites for hydroxylation is 1. The summed E-state index contributed by atoms with van der Waals surface area (Å²) in [6.07, 6.45) is 1.67. The fraction of sp³-hybridized carbons (Fsp3) is 0.278. The highest BCUT2D eigenvalue weighted by Crippen LogP contribution is 2.34. The molecule has 128 valence electrons. The van der Waals surface area contributed by atoms with Crippen molar-refractivity contribution in [3.8, 4) is 11.3 Å². The quantitative estimate of drug-likeness (QED) is 0.725. The van der Waals surface area contributed by atoms with Crippen molar-refractivity contribution < 1.29 is 18.2 Å². The molecule has 1 aromatic carbocycles. The maximum Gasteiger partial charge on any atom is 0.293 e. The first kappa shape index (κ1) is 15.6. The number of carbonyl (C=O) groups is 1. The second kappa shape index (κ2) is 6.16. The predicted molar refractivity (Wildman–Crippen MR) is 86.1 cm³/mol. The van der Waals surface area contributed by atoms with Crippen LogP contribution in [0.15, 0.2) is 45.4 Å². The zero-order chi connectivity index (χ0) is 17.4. The van der Waals surface area contributed by atoms with Gasteiger partial charge in [-0.05, 0) is 31.9 Å². The molecule has 0 aliphatic carbocycles. The summed E-state index contributed by atoms with van der Waals surface area (Å²) in [6.45, 7) is 2.43. The van der Waals surface area contributed by atoms with E-state index in [0.717, 1.165) is 18.5 Å². The van der Waals surface area contributed by atoms with Gasteiger partial charge in [0.1, 0.15) is 11.5 Å². The molecule has 7 heteroatoms. The van der Waals surface area contributed by atoms with Crippen molar-refractivity contribution in [1.82, 2.24) is 15.2 Å². The summed E-state index contributed by atoms with van der Waals surface area (Å²) in [5, 5.41) is 7.73. The van der Waals surface area contributed by atoms with Crippen LogP contribution < -0.4 is 0 Å². The second-order valence-corrected chi connectivity index (χ2v) is 6.08. The fourth-order valence-corrected chi connectivity index (χ4v) is 3.16. The molecule has 0 radical (unpaired) electrons. The molecule has 25 heavy (non-hydrogen) atoms. The first-order valence-corrected chi connectivity index (χ1v) is 8.09. The molecule has 3 aromatic rings. The highest BCUT2D eigenvalue weighted by molar-refractivity contribution is 5.92. The lowest BCUT2D eigenvalue weighted by Gasteiger charge is -2.20. The molecule has 4 rings (SSSR count). The number of rotatable bonds is 3. The summed E-state index contributed by atoms with van der Waals surface area (Å²) in [7, 11) is 0. The molecule has 1 aliphatic rings. The van der Waals surface area contributed by atoms with Gasteiger partial charge in [0.2, 0.25) is 5.76 Å². The fourth-order valence-electron chi connectivity index (χ4n) is 3.16. The van der Waals surface area contributed by atoms with Crippen molar-refractivity contribution >= 4 is 5.91 Å². The standard InChI is InChI=1S/C18H16FN3O3/c1-11-9-16(24-20-11)15-7-4-8-22(15)18(23)17-10-14(21-25-17)12-5-2-3-6-13(12)19/h2-3,5-6,9-10,15H,4,7-8H2,1H3/t15-/m1/s1. The summed E-state index contributed by atoms with van der Waals surface area (Å²) in [5.41, 5.74) is 1.37. The summed E-state index contributed by atoms with van der Waals surface area (Å²) in [6, 6.07) is 9.38. The van der Waals surface area contributed by atoms with Crippen molar-refractivity contribution in [3.05, 3.63) is 59.4 Å². The lowest BCUT2D eigenvalue weighted by Crippen LogP contribution is -2.30. The predicted octanol–water partition coefficient (Wildman–Crippen LogP) is 3.75. The van der Waals surface area contributed by atoms with Crippen molar-refractivity contribution in [2.75, 3.05) is 6.54 Å². The van der Waals surface area contributed by atoms with Gasteiger partial charge in [0.15, 0.2) is 5.76 Å². The maximum absolute atomic E-state index is 13.9. The Hall–Kier alpha value is -2.96. The van der Waals surface area contributed by atoms with Crippen LogP contribution in [0.25, 0.3) is 11.3 Å². The molecule has 1 aliphatic heterocycles. The van der Waals surface area contributed by atoms with Crippen molar-refractivity contribution in [2.24, 2.45) is 0 Å². The van der Waals surface area contributed by atoms with E-state index in [4.69, 9.17) is 9.05 Å². The van der Waals surface area contributed by atoms with Gasteiger partial charge in [-0.3, -0.25) is 4.79 Å². The molecule has 2 aromatic heterocycles. The van der Waals surface area contributed by atoms with Gasteiger partial charge in [-0.1, -0.05) is 22.4 Å². The molecule has 3 heterocycles. The van der Waals surface area contributed by atoms with Crippen LogP contribution in [0.5, 0.6) is 0 Å². The van der Waals surface area contributed by atoms with Crippen molar-refractivity contribution in [2.45, 2.75) is 25.8 Å². The van der Waals surface area contributed by atoms with Gasteiger partial charge in [0.05, 0.1) is 11.7 Å². The van der Waals surface area contributed by atoms with Gasteiger partial charge in [-0.25, -0.2) is 4.39 Å². The molecule has 0 unspecified atom stereocenters. The number of hydrogen-bond acceptors (Lipinski definition) is 5. The lowest BCUT2D eigenvalue weighted by molar-refractivity contribution is 0.0672. The Kier molecular flexibility index (Phi) is 3.83. The molecule has 0 spiro atoms. The average Bonchev–Trinajstić information content (AvgIpc) is 3.34. The first-order valence-electron chi connectivity index (χ1n) is 8.09. The third-order valence-electron chi connectivity index (χ3n) is 4.36. The zero-order valence-corrected chi connectivity index (χ0v) is 13.6. The van der Waals surface area contributed by atoms with E-state index in [9.17, 15) is 9.18 Å². The number of hydrogen-bond donors (Lipinski definition) is 0. The summed E-state index contributed by atoms with van der Waals surface area (Å²) in [4.78, 5) is 14.5. The van der Waals surface area contributed by atoms with Gasteiger partial charge in [0.25, 0.3) is 5.91 Å². The molecule has 1 atom stereocenters. The van der Waals surface area contributed by atoms with Crippen LogP contribution in [0.3, 0.4) is 0 Å². The normalized spacial score (nSPS) is 17.2. The number of carbonyl (C=O) groups excluding carboxylic acids is 1. The van der Waals surface area contributed by atoms with E-state index in [0.29, 0.717) is 23.6 Å². The van der Waals surface area contributed by atoms with Gasteiger partial charge < -0.3 is 13.9 Å². The molecule has 1 saturated heterocycles. The number of halogens is 1. The topological polar surface area (TPSA) is 72.4 Å². The number of aromatic nitrogens is 2. The van der Waals surface area contributed by atoms with Crippen LogP contribution in [0.1, 0.15) is 40.9 Å². The van der Waals surface area contributed by atoms with Gasteiger partial charge in [-0.2, -0.15) is 0 Å². The minimum atomic E-state index is -0.411. The van der Waals surface area contributed by atoms with E-state index in [2.05, 4.69) is 10.3 Å². The zero-order valence-electron chi connectivity index (χ0n) is 13.6. The van der Waals surface area contributed by atoms with E-state index in [-0.39, 0.29) is 17.7 Å². The minimum Gasteiger partial charge on any atom is -0.359 e. The third kappa shape index (κ3) is 2.82. The van der Waals surface area contributed by atoms with E-state index >= 15 is 0 Å². The molecule has 0 bridgehead atoms. The highest BCUT2D eigenvalue weighted by atomic mass is 19.1. The Morgan fingerprint density at radius 1 is 1.24 bits per heavy atom. The summed E-state index contributed by atoms with van der Waals surface area (Å²) < 4.78 is 24.4. The van der Waals surface area contributed by atoms with E-state index in [1.165, 1.54) is 12.1 Å². The monoisotopic (exact) mass is 341 g/mol. The number of likely N-dealkylation sites (tertiary alicyclic amines) is 1. The molecule has 1 amide bonds. The highest BCUT2D eigenvalue weighted by Gasteiger charge is 2.35. The molecular weight excluding hydrogens is 325 g/mol. The average molecular weight is 341 g/mol. The third-order valence-corrected chi connectivity index (χ3v) is 4.36. The lowest BCUT2D eigenvalue weighted by atomic mass is 10.1. The van der Waals surface area contributed by atoms with Crippen molar-refractivity contribution in [3.63, 3.8) is 0 Å². The Morgan fingerprint density at radius 3 is 2.84 bits per heavy atom. The van der Waals surface area contributed by atoms with Gasteiger partial charge in [0, 0.05) is 24.2 Å². The largest absolute Gasteiger partial charge is 0.359 e. The molecular formula is C18H16FN3O3. The Labute approximate surface area is 143 Å². The Bertz CT molecular complexity index is 918. The molecule has 6 nitrogen and oxygen atoms in total. The van der Waals surface area contributed by atoms with E-state index in [1.54, 1.807) is 23.1 Å². The first-order chi connectivity index (χ1) is 12.1. The van der Waals surface area contributed by atoms with Crippen LogP contribution in [-0.2, 0) is 0 Å². The van der Waals surface area contributed by atoms with E-state index < -0.39 is 5.82 Å². The molecule has 0 saturated carbocycles. The molecule has 0 N–H and O–H groups in total. The Balaban J connectivity index is 1.60.